The van der Waals surface area contributed by atoms with Crippen LogP contribution in [0.1, 0.15) is 77.2 Å². The molecule has 3 aromatic carbocycles. The average Bonchev–Trinajstić information content (AvgIpc) is 4.01. The number of imidazole rings is 1. The monoisotopic (exact) mass is 849 g/mol. The molecule has 0 atom stereocenters. The second kappa shape index (κ2) is 17.1. The van der Waals surface area contributed by atoms with Crippen molar-refractivity contribution in [2.24, 2.45) is 0 Å². The molecule has 1 fully saturated rings. The number of hydrogen-bond donors (Lipinski definition) is 2. The minimum absolute atomic E-state index is 0.0177. The number of benzene rings is 3. The number of carbonyl (C=O) groups is 1. The molecule has 1 aliphatic rings. The summed E-state index contributed by atoms with van der Waals surface area (Å²) >= 11 is 0. The second-order valence-electron chi connectivity index (χ2n) is 15.3. The van der Waals surface area contributed by atoms with Crippen LogP contribution in [0, 0.1) is 11.6 Å². The Labute approximate surface area is 351 Å². The van der Waals surface area contributed by atoms with E-state index in [2.05, 4.69) is 35.5 Å². The molecule has 0 radical (unpaired) electrons. The number of amides is 1. The predicted molar refractivity (Wildman–Crippen MR) is 222 cm³/mol. The summed E-state index contributed by atoms with van der Waals surface area (Å²) in [5, 5.41) is 10.5. The van der Waals surface area contributed by atoms with Gasteiger partial charge in [0.15, 0.2) is 11.5 Å². The third kappa shape index (κ3) is 8.60. The van der Waals surface area contributed by atoms with E-state index in [4.69, 9.17) is 4.74 Å². The van der Waals surface area contributed by atoms with Crippen molar-refractivity contribution >= 4 is 22.4 Å². The topological polar surface area (TPSA) is 144 Å². The van der Waals surface area contributed by atoms with Crippen LogP contribution in [0.5, 0.6) is 5.88 Å². The minimum Gasteiger partial charge on any atom is -0.480 e. The van der Waals surface area contributed by atoms with E-state index < -0.39 is 29.4 Å². The van der Waals surface area contributed by atoms with E-state index in [1.807, 2.05) is 0 Å². The van der Waals surface area contributed by atoms with E-state index in [0.717, 1.165) is 19.0 Å². The summed E-state index contributed by atoms with van der Waals surface area (Å²) in [4.78, 5) is 44.5. The number of hydrogen-bond acceptors (Lipinski definition) is 9. The van der Waals surface area contributed by atoms with Crippen LogP contribution in [0.25, 0.3) is 33.4 Å². The van der Waals surface area contributed by atoms with Crippen LogP contribution >= 0.6 is 0 Å². The van der Waals surface area contributed by atoms with Gasteiger partial charge in [-0.05, 0) is 62.1 Å². The Hall–Kier alpha value is -7.04. The van der Waals surface area contributed by atoms with Crippen LogP contribution in [-0.4, -0.2) is 60.8 Å². The maximum atomic E-state index is 17.0. The number of rotatable bonds is 14. The van der Waals surface area contributed by atoms with E-state index in [1.54, 1.807) is 67.3 Å². The fraction of sp³-hybridized carbons (Fsp3) is 0.267. The lowest BCUT2D eigenvalue weighted by Gasteiger charge is -2.26. The largest absolute Gasteiger partial charge is 0.480 e. The first-order chi connectivity index (χ1) is 29.8. The van der Waals surface area contributed by atoms with Crippen molar-refractivity contribution in [1.29, 1.82) is 0 Å². The highest BCUT2D eigenvalue weighted by atomic mass is 19.4. The molecule has 0 unspecified atom stereocenters. The minimum atomic E-state index is -4.63. The molecule has 0 bridgehead atoms. The fourth-order valence-corrected chi connectivity index (χ4v) is 7.44. The van der Waals surface area contributed by atoms with Crippen molar-refractivity contribution in [3.63, 3.8) is 0 Å². The Bertz CT molecular complexity index is 2840. The lowest BCUT2D eigenvalue weighted by atomic mass is 10.0. The van der Waals surface area contributed by atoms with Gasteiger partial charge in [-0.1, -0.05) is 48.5 Å². The van der Waals surface area contributed by atoms with E-state index in [0.29, 0.717) is 44.4 Å². The first-order valence-electron chi connectivity index (χ1n) is 19.9. The van der Waals surface area contributed by atoms with Gasteiger partial charge < -0.3 is 19.5 Å². The van der Waals surface area contributed by atoms with Crippen molar-refractivity contribution in [3.8, 4) is 28.5 Å². The molecule has 0 aliphatic heterocycles. The summed E-state index contributed by atoms with van der Waals surface area (Å²) in [6.45, 7) is 3.59. The van der Waals surface area contributed by atoms with Crippen molar-refractivity contribution < 1.29 is 31.5 Å². The molecule has 17 heteroatoms. The third-order valence-electron chi connectivity index (χ3n) is 10.7. The number of halogens is 5. The van der Waals surface area contributed by atoms with Crippen LogP contribution in [-0.2, 0) is 19.1 Å². The zero-order valence-corrected chi connectivity index (χ0v) is 33.8. The second-order valence-corrected chi connectivity index (χ2v) is 15.3. The first kappa shape index (κ1) is 41.7. The summed E-state index contributed by atoms with van der Waals surface area (Å²) in [6.07, 6.45) is 1.13. The zero-order valence-electron chi connectivity index (χ0n) is 33.8. The van der Waals surface area contributed by atoms with Gasteiger partial charge in [0.25, 0.3) is 11.5 Å². The van der Waals surface area contributed by atoms with Crippen molar-refractivity contribution in [1.82, 2.24) is 40.0 Å². The predicted octanol–water partition coefficient (Wildman–Crippen LogP) is 8.43. The summed E-state index contributed by atoms with van der Waals surface area (Å²) in [5.74, 6) is -1.73. The van der Waals surface area contributed by atoms with Gasteiger partial charge in [-0.3, -0.25) is 14.6 Å². The number of alkyl halides is 3. The number of methoxy groups -OCH3 is 1. The molecule has 2 N–H and O–H groups in total. The molecule has 0 saturated heterocycles. The number of aromatic nitrogens is 7. The van der Waals surface area contributed by atoms with Gasteiger partial charge in [-0.15, -0.1) is 0 Å². The van der Waals surface area contributed by atoms with Crippen molar-refractivity contribution in [2.45, 2.75) is 57.8 Å². The summed E-state index contributed by atoms with van der Waals surface area (Å²) in [5.41, 5.74) is 1.75. The number of fused-ring (bicyclic) bond motifs is 1. The van der Waals surface area contributed by atoms with E-state index >= 15 is 8.78 Å². The first-order valence-corrected chi connectivity index (χ1v) is 19.9. The van der Waals surface area contributed by atoms with Crippen LogP contribution in [0.15, 0.2) is 96.3 Å². The molecule has 12 nitrogen and oxygen atoms in total. The number of nitrogens with one attached hydrogen (secondary N) is 2. The van der Waals surface area contributed by atoms with Crippen molar-refractivity contribution in [2.75, 3.05) is 25.1 Å². The van der Waals surface area contributed by atoms with Gasteiger partial charge in [0, 0.05) is 61.4 Å². The maximum absolute atomic E-state index is 17.0. The Kier molecular flexibility index (Phi) is 11.5. The quantitative estimate of drug-likeness (QED) is 0.103. The summed E-state index contributed by atoms with van der Waals surface area (Å²) in [6, 6.07) is 19.1. The number of nitrogens with zero attached hydrogens (tertiary/aromatic N) is 7. The van der Waals surface area contributed by atoms with E-state index in [1.165, 1.54) is 48.5 Å². The standard InChI is InChI=1S/C45H40F5N9O3/c1-25(2)59-23-36(45(48,49)50)55-41(59)29-11-8-26(9-12-29)22-58(35-16-17-51-40(38(35)47)37-39(28-13-14-28)53-24-54-44(37)62-3)19-18-52-42(60)32-20-27(10-15-33(32)46)21-34-30-6-4-5-7-31(30)43(61)57-56-34/h4-12,15-17,20,23-25,28H,13-14,18-19,21-22H2,1-3H3,(H,52,60)(H,57,61). The van der Waals surface area contributed by atoms with Crippen LogP contribution in [0.4, 0.5) is 27.6 Å². The molecule has 1 aliphatic carbocycles. The molecule has 62 heavy (non-hydrogen) atoms. The number of H-pyrrole nitrogens is 1. The van der Waals surface area contributed by atoms with E-state index in [-0.39, 0.29) is 72.2 Å². The van der Waals surface area contributed by atoms with Gasteiger partial charge in [-0.2, -0.15) is 18.3 Å². The van der Waals surface area contributed by atoms with Gasteiger partial charge in [-0.25, -0.2) is 28.8 Å². The van der Waals surface area contributed by atoms with Crippen LogP contribution in [0.2, 0.25) is 0 Å². The van der Waals surface area contributed by atoms with Gasteiger partial charge in [0.05, 0.1) is 40.7 Å². The molecule has 318 valence electrons. The Morgan fingerprint density at radius 1 is 0.984 bits per heavy atom. The van der Waals surface area contributed by atoms with Gasteiger partial charge in [0.2, 0.25) is 5.88 Å². The van der Waals surface area contributed by atoms with Crippen LogP contribution < -0.4 is 20.5 Å². The maximum Gasteiger partial charge on any atom is 0.434 e. The average molecular weight is 850 g/mol. The molecule has 1 saturated carbocycles. The molecule has 4 aromatic heterocycles. The zero-order chi connectivity index (χ0) is 43.7. The fourth-order valence-electron chi connectivity index (χ4n) is 7.44. The normalized spacial score (nSPS) is 12.9. The number of anilines is 1. The number of carbonyl (C=O) groups excluding carboxylic acids is 1. The molecule has 0 spiro atoms. The van der Waals surface area contributed by atoms with Gasteiger partial charge in [0.1, 0.15) is 23.7 Å². The third-order valence-corrected chi connectivity index (χ3v) is 10.7. The molecule has 4 heterocycles. The Balaban J connectivity index is 1.08. The molecule has 1 amide bonds. The Morgan fingerprint density at radius 3 is 2.44 bits per heavy atom. The SMILES string of the molecule is COc1ncnc(C2CC2)c1-c1nccc(N(CCNC(=O)c2cc(Cc3n[nH]c(=O)c4ccccc34)ccc2F)Cc2ccc(-c3nc(C(F)(F)F)cn3C(C)C)cc2)c1F. The van der Waals surface area contributed by atoms with Crippen molar-refractivity contribution in [3.05, 3.63) is 147 Å². The molecule has 8 rings (SSSR count). The summed E-state index contributed by atoms with van der Waals surface area (Å²) < 4.78 is 80.1. The van der Waals surface area contributed by atoms with Crippen LogP contribution in [0.3, 0.4) is 0 Å². The number of aromatic amines is 1. The number of pyridine rings is 1. The molecular formula is C45H40F5N9O3. The lowest BCUT2D eigenvalue weighted by Crippen LogP contribution is -2.35. The Morgan fingerprint density at radius 2 is 1.73 bits per heavy atom. The summed E-state index contributed by atoms with van der Waals surface area (Å²) in [7, 11) is 1.43. The highest BCUT2D eigenvalue weighted by molar-refractivity contribution is 5.94. The van der Waals surface area contributed by atoms with E-state index in [9.17, 15) is 22.8 Å². The molecular weight excluding hydrogens is 810 g/mol. The highest BCUT2D eigenvalue weighted by Crippen LogP contribution is 2.46. The molecule has 7 aromatic rings. The van der Waals surface area contributed by atoms with Gasteiger partial charge >= 0.3 is 6.18 Å². The smallest absolute Gasteiger partial charge is 0.434 e. The highest BCUT2D eigenvalue weighted by Gasteiger charge is 2.36. The number of ether oxygens (including phenoxy) is 1. The lowest BCUT2D eigenvalue weighted by molar-refractivity contribution is -0.140.